The van der Waals surface area contributed by atoms with Crippen LogP contribution in [0, 0.1) is 35.6 Å². The Bertz CT molecular complexity index is 688. The second-order valence-electron chi connectivity index (χ2n) is 3.85. The van der Waals surface area contributed by atoms with E-state index in [1.165, 1.54) is 18.2 Å². The van der Waals surface area contributed by atoms with Crippen molar-refractivity contribution in [2.24, 2.45) is 0 Å². The lowest BCUT2D eigenvalue weighted by Crippen LogP contribution is -2.04. The van der Waals surface area contributed by atoms with Crippen LogP contribution in [0.3, 0.4) is 0 Å². The van der Waals surface area contributed by atoms with Crippen molar-refractivity contribution in [3.63, 3.8) is 0 Å². The van der Waals surface area contributed by atoms with Gasteiger partial charge in [-0.15, -0.1) is 6.42 Å². The zero-order valence-corrected chi connectivity index (χ0v) is 10.3. The average molecular weight is 280 g/mol. The van der Waals surface area contributed by atoms with Crippen LogP contribution in [0.5, 0.6) is 5.75 Å². The normalized spacial score (nSPS) is 10.2. The molecule has 0 aliphatic rings. The molecule has 2 aromatic rings. The minimum absolute atomic E-state index is 0.106. The quantitative estimate of drug-likeness (QED) is 0.460. The lowest BCUT2D eigenvalue weighted by molar-refractivity contribution is 0.334. The third-order valence-electron chi connectivity index (χ3n) is 2.78. The molecule has 0 spiro atoms. The van der Waals surface area contributed by atoms with Crippen molar-refractivity contribution < 1.29 is 22.3 Å². The molecule has 102 valence electrons. The van der Waals surface area contributed by atoms with Crippen molar-refractivity contribution in [3.05, 3.63) is 53.1 Å². The van der Waals surface area contributed by atoms with Gasteiger partial charge in [0.05, 0.1) is 12.7 Å². The first-order chi connectivity index (χ1) is 9.52. The lowest BCUT2D eigenvalue weighted by Gasteiger charge is -2.12. The van der Waals surface area contributed by atoms with Crippen molar-refractivity contribution in [1.29, 1.82) is 0 Å². The predicted molar refractivity (Wildman–Crippen MR) is 66.2 cm³/mol. The molecular formula is C15H8F4O. The molecule has 0 aliphatic carbocycles. The monoisotopic (exact) mass is 280 g/mol. The highest BCUT2D eigenvalue weighted by Crippen LogP contribution is 2.36. The summed E-state index contributed by atoms with van der Waals surface area (Å²) in [7, 11) is 0.912. The van der Waals surface area contributed by atoms with Gasteiger partial charge in [0.25, 0.3) is 0 Å². The lowest BCUT2D eigenvalue weighted by atomic mass is 9.98. The molecule has 0 N–H and O–H groups in total. The first kappa shape index (κ1) is 13.9. The van der Waals surface area contributed by atoms with Crippen LogP contribution in [0.1, 0.15) is 5.56 Å². The van der Waals surface area contributed by atoms with Gasteiger partial charge < -0.3 is 4.74 Å². The van der Waals surface area contributed by atoms with Gasteiger partial charge in [0.1, 0.15) is 0 Å². The average Bonchev–Trinajstić information content (AvgIpc) is 2.46. The topological polar surface area (TPSA) is 9.23 Å². The Morgan fingerprint density at radius 3 is 2.00 bits per heavy atom. The molecule has 0 aliphatic heterocycles. The summed E-state index contributed by atoms with van der Waals surface area (Å²) in [6.45, 7) is 0. The van der Waals surface area contributed by atoms with E-state index in [2.05, 4.69) is 10.7 Å². The largest absolute Gasteiger partial charge is 0.491 e. The van der Waals surface area contributed by atoms with Gasteiger partial charge in [0.2, 0.25) is 11.6 Å². The number of hydrogen-bond donors (Lipinski definition) is 0. The van der Waals surface area contributed by atoms with Gasteiger partial charge in [0, 0.05) is 11.1 Å². The number of halogens is 4. The Hall–Kier alpha value is -2.48. The Balaban J connectivity index is 2.86. The second-order valence-corrected chi connectivity index (χ2v) is 3.85. The zero-order valence-electron chi connectivity index (χ0n) is 10.3. The van der Waals surface area contributed by atoms with Crippen molar-refractivity contribution >= 4 is 0 Å². The molecule has 0 saturated carbocycles. The van der Waals surface area contributed by atoms with Gasteiger partial charge in [-0.05, 0) is 6.07 Å². The number of rotatable bonds is 2. The van der Waals surface area contributed by atoms with Crippen LogP contribution in [0.25, 0.3) is 11.1 Å². The van der Waals surface area contributed by atoms with Crippen LogP contribution in [-0.2, 0) is 0 Å². The first-order valence-electron chi connectivity index (χ1n) is 5.48. The smallest absolute Gasteiger partial charge is 0.204 e. The maximum atomic E-state index is 14.0. The molecule has 0 amide bonds. The van der Waals surface area contributed by atoms with Crippen molar-refractivity contribution in [1.82, 2.24) is 0 Å². The van der Waals surface area contributed by atoms with Crippen LogP contribution in [-0.4, -0.2) is 7.11 Å². The van der Waals surface area contributed by atoms with Crippen LogP contribution in [0.15, 0.2) is 24.3 Å². The second kappa shape index (κ2) is 5.25. The molecule has 0 saturated heterocycles. The number of benzene rings is 2. The van der Waals surface area contributed by atoms with E-state index in [1.54, 1.807) is 6.07 Å². The van der Waals surface area contributed by atoms with Gasteiger partial charge in [0.15, 0.2) is 17.4 Å². The SMILES string of the molecule is C#Cc1ccccc1-c1c(F)c(F)c(OC)c(F)c1F. The molecule has 0 aromatic heterocycles. The molecule has 0 bridgehead atoms. The van der Waals surface area contributed by atoms with E-state index in [-0.39, 0.29) is 11.1 Å². The fraction of sp³-hybridized carbons (Fsp3) is 0.0667. The Labute approximate surface area is 112 Å². The Morgan fingerprint density at radius 2 is 1.50 bits per heavy atom. The maximum Gasteiger partial charge on any atom is 0.204 e. The number of hydrogen-bond acceptors (Lipinski definition) is 1. The molecule has 0 radical (unpaired) electrons. The summed E-state index contributed by atoms with van der Waals surface area (Å²) >= 11 is 0. The number of methoxy groups -OCH3 is 1. The first-order valence-corrected chi connectivity index (χ1v) is 5.48. The van der Waals surface area contributed by atoms with E-state index in [0.29, 0.717) is 0 Å². The van der Waals surface area contributed by atoms with Crippen LogP contribution in [0.4, 0.5) is 17.6 Å². The van der Waals surface area contributed by atoms with Gasteiger partial charge in [-0.1, -0.05) is 24.1 Å². The summed E-state index contributed by atoms with van der Waals surface area (Å²) < 4.78 is 59.6. The molecule has 2 rings (SSSR count). The van der Waals surface area contributed by atoms with Gasteiger partial charge in [-0.3, -0.25) is 0 Å². The molecule has 0 heterocycles. The van der Waals surface area contributed by atoms with Gasteiger partial charge >= 0.3 is 0 Å². The highest BCUT2D eigenvalue weighted by Gasteiger charge is 2.27. The van der Waals surface area contributed by atoms with Crippen LogP contribution in [0.2, 0.25) is 0 Å². The Morgan fingerprint density at radius 1 is 0.950 bits per heavy atom. The minimum atomic E-state index is -1.60. The summed E-state index contributed by atoms with van der Waals surface area (Å²) in [5, 5.41) is 0. The molecule has 0 fully saturated rings. The highest BCUT2D eigenvalue weighted by atomic mass is 19.2. The van der Waals surface area contributed by atoms with E-state index in [9.17, 15) is 17.6 Å². The minimum Gasteiger partial charge on any atom is -0.491 e. The molecule has 20 heavy (non-hydrogen) atoms. The number of ether oxygens (including phenoxy) is 1. The summed E-state index contributed by atoms with van der Waals surface area (Å²) in [5.74, 6) is -5.21. The van der Waals surface area contributed by atoms with Gasteiger partial charge in [-0.2, -0.15) is 8.78 Å². The van der Waals surface area contributed by atoms with Crippen LogP contribution < -0.4 is 4.74 Å². The highest BCUT2D eigenvalue weighted by molar-refractivity contribution is 5.73. The van der Waals surface area contributed by atoms with Crippen molar-refractivity contribution in [2.45, 2.75) is 0 Å². The molecule has 5 heteroatoms. The summed E-state index contributed by atoms with van der Waals surface area (Å²) in [6.07, 6.45) is 5.21. The molecular weight excluding hydrogens is 272 g/mol. The molecule has 0 unspecified atom stereocenters. The molecule has 2 aromatic carbocycles. The fourth-order valence-electron chi connectivity index (χ4n) is 1.85. The van der Waals surface area contributed by atoms with E-state index in [0.717, 1.165) is 7.11 Å². The van der Waals surface area contributed by atoms with Crippen LogP contribution >= 0.6 is 0 Å². The number of terminal acetylenes is 1. The van der Waals surface area contributed by atoms with E-state index < -0.39 is 34.6 Å². The molecule has 1 nitrogen and oxygen atoms in total. The summed E-state index contributed by atoms with van der Waals surface area (Å²) in [4.78, 5) is 0. The third kappa shape index (κ3) is 1.99. The van der Waals surface area contributed by atoms with Gasteiger partial charge in [-0.25, -0.2) is 8.78 Å². The maximum absolute atomic E-state index is 14.0. The van der Waals surface area contributed by atoms with Crippen molar-refractivity contribution in [2.75, 3.05) is 7.11 Å². The third-order valence-corrected chi connectivity index (χ3v) is 2.78. The summed E-state index contributed by atoms with van der Waals surface area (Å²) in [6, 6.07) is 5.69. The standard InChI is InChI=1S/C15H8F4O/c1-3-8-6-4-5-7-9(8)10-11(16)13(18)15(20-2)14(19)12(10)17/h1,4-7H,2H3. The van der Waals surface area contributed by atoms with Crippen molar-refractivity contribution in [3.8, 4) is 29.2 Å². The Kier molecular flexibility index (Phi) is 3.66. The van der Waals surface area contributed by atoms with E-state index in [4.69, 9.17) is 6.42 Å². The van der Waals surface area contributed by atoms with E-state index in [1.807, 2.05) is 0 Å². The zero-order chi connectivity index (χ0) is 14.9. The predicted octanol–water partition coefficient (Wildman–Crippen LogP) is 3.90. The fourth-order valence-corrected chi connectivity index (χ4v) is 1.85. The molecule has 0 atom stereocenters. The summed E-state index contributed by atoms with van der Waals surface area (Å²) in [5.41, 5.74) is -0.839. The van der Waals surface area contributed by atoms with E-state index >= 15 is 0 Å².